The second-order valence-electron chi connectivity index (χ2n) is 6.61. The molecule has 0 unspecified atom stereocenters. The molecule has 11 nitrogen and oxygen atoms in total. The predicted octanol–water partition coefficient (Wildman–Crippen LogP) is 1.78. The van der Waals surface area contributed by atoms with E-state index in [1.54, 1.807) is 24.3 Å². The largest absolute Gasteiger partial charge is 0.368 e. The Hall–Kier alpha value is -4.10. The smallest absolute Gasteiger partial charge is 0.248 e. The Labute approximate surface area is 182 Å². The zero-order valence-electron chi connectivity index (χ0n) is 16.5. The summed E-state index contributed by atoms with van der Waals surface area (Å²) in [6.45, 7) is 0.233. The Balaban J connectivity index is 1.50. The molecular weight excluding hydrogens is 437 g/mol. The van der Waals surface area contributed by atoms with Crippen LogP contribution in [0.1, 0.15) is 5.56 Å². The number of nitrogens with two attached hydrogens (primary N) is 2. The van der Waals surface area contributed by atoms with Crippen LogP contribution in [0.15, 0.2) is 65.8 Å². The van der Waals surface area contributed by atoms with Gasteiger partial charge in [-0.1, -0.05) is 18.2 Å². The van der Waals surface area contributed by atoms with Crippen molar-refractivity contribution in [2.75, 3.05) is 16.4 Å². The molecule has 0 aliphatic heterocycles. The maximum absolute atomic E-state index is 13.8. The van der Waals surface area contributed by atoms with Crippen LogP contribution in [0.2, 0.25) is 0 Å². The Morgan fingerprint density at radius 2 is 1.81 bits per heavy atom. The highest BCUT2D eigenvalue weighted by molar-refractivity contribution is 7.89. The van der Waals surface area contributed by atoms with Crippen LogP contribution in [-0.2, 0) is 16.6 Å². The fourth-order valence-corrected chi connectivity index (χ4v) is 3.31. The molecule has 0 fully saturated rings. The van der Waals surface area contributed by atoms with Gasteiger partial charge in [0.05, 0.1) is 4.90 Å². The van der Waals surface area contributed by atoms with E-state index in [1.807, 2.05) is 0 Å². The van der Waals surface area contributed by atoms with Crippen molar-refractivity contribution in [3.63, 3.8) is 0 Å². The third-order valence-corrected chi connectivity index (χ3v) is 5.29. The van der Waals surface area contributed by atoms with Crippen LogP contribution >= 0.6 is 0 Å². The SMILES string of the molecule is Nc1nc(Nc2ccc(S(N)(=O)=O)cc2)nn1-c1cc(NCc2ccccc2F)ncn1. The van der Waals surface area contributed by atoms with Gasteiger partial charge >= 0.3 is 0 Å². The molecule has 6 N–H and O–H groups in total. The average molecular weight is 455 g/mol. The van der Waals surface area contributed by atoms with Crippen LogP contribution < -0.4 is 21.5 Å². The summed E-state index contributed by atoms with van der Waals surface area (Å²) in [5.74, 6) is 0.709. The van der Waals surface area contributed by atoms with E-state index < -0.39 is 10.0 Å². The number of halogens is 1. The summed E-state index contributed by atoms with van der Waals surface area (Å²) in [6, 6.07) is 13.8. The lowest BCUT2D eigenvalue weighted by molar-refractivity contribution is 0.598. The van der Waals surface area contributed by atoms with Crippen molar-refractivity contribution < 1.29 is 12.8 Å². The highest BCUT2D eigenvalue weighted by Crippen LogP contribution is 2.19. The van der Waals surface area contributed by atoms with Gasteiger partial charge in [-0.2, -0.15) is 9.67 Å². The van der Waals surface area contributed by atoms with Crippen LogP contribution in [0.3, 0.4) is 0 Å². The number of hydrogen-bond acceptors (Lipinski definition) is 9. The van der Waals surface area contributed by atoms with Gasteiger partial charge in [0.1, 0.15) is 18.0 Å². The molecule has 0 aliphatic rings. The number of aromatic nitrogens is 5. The molecule has 32 heavy (non-hydrogen) atoms. The quantitative estimate of drug-likeness (QED) is 0.325. The molecule has 0 saturated heterocycles. The number of benzene rings is 2. The maximum Gasteiger partial charge on any atom is 0.248 e. The van der Waals surface area contributed by atoms with Crippen LogP contribution in [-0.4, -0.2) is 33.2 Å². The summed E-state index contributed by atoms with van der Waals surface area (Å²) in [5, 5.41) is 15.3. The van der Waals surface area contributed by atoms with Gasteiger partial charge < -0.3 is 16.4 Å². The van der Waals surface area contributed by atoms with Gasteiger partial charge in [-0.25, -0.2) is 27.9 Å². The van der Waals surface area contributed by atoms with Gasteiger partial charge in [-0.3, -0.25) is 0 Å². The molecule has 0 radical (unpaired) electrons. The lowest BCUT2D eigenvalue weighted by atomic mass is 10.2. The number of nitrogens with one attached hydrogen (secondary N) is 2. The molecule has 164 valence electrons. The van der Waals surface area contributed by atoms with Gasteiger partial charge in [0.25, 0.3) is 0 Å². The number of anilines is 4. The third kappa shape index (κ3) is 4.79. The van der Waals surface area contributed by atoms with Gasteiger partial charge in [0.15, 0.2) is 5.82 Å². The minimum atomic E-state index is -3.78. The number of sulfonamides is 1. The molecule has 0 bridgehead atoms. The summed E-state index contributed by atoms with van der Waals surface area (Å²) in [6.07, 6.45) is 1.32. The number of nitrogens with zero attached hydrogens (tertiary/aromatic N) is 5. The van der Waals surface area contributed by atoms with E-state index in [9.17, 15) is 12.8 Å². The van der Waals surface area contributed by atoms with Crippen LogP contribution in [0.4, 0.5) is 27.8 Å². The van der Waals surface area contributed by atoms with Crippen molar-refractivity contribution >= 4 is 33.4 Å². The van der Waals surface area contributed by atoms with Crippen LogP contribution in [0.25, 0.3) is 5.82 Å². The second kappa shape index (κ2) is 8.56. The Morgan fingerprint density at radius 1 is 1.06 bits per heavy atom. The van der Waals surface area contributed by atoms with Crippen molar-refractivity contribution in [3.8, 4) is 5.82 Å². The van der Waals surface area contributed by atoms with Gasteiger partial charge in [0.2, 0.25) is 21.9 Å². The molecule has 2 heterocycles. The highest BCUT2D eigenvalue weighted by Gasteiger charge is 2.12. The van der Waals surface area contributed by atoms with Gasteiger partial charge in [0, 0.05) is 23.9 Å². The topological polar surface area (TPSA) is 167 Å². The summed E-state index contributed by atoms with van der Waals surface area (Å²) in [5.41, 5.74) is 6.99. The third-order valence-electron chi connectivity index (χ3n) is 4.36. The van der Waals surface area contributed by atoms with Gasteiger partial charge in [-0.15, -0.1) is 5.10 Å². The standard InChI is InChI=1S/C19H18FN9O2S/c20-15-4-2-1-3-12(15)10-23-16-9-17(25-11-24-16)29-18(21)27-19(28-29)26-13-5-7-14(8-6-13)32(22,30)31/h1-9,11H,10H2,(H2,22,30,31)(H,23,24,25)(H3,21,26,27,28). The molecule has 2 aromatic carbocycles. The lowest BCUT2D eigenvalue weighted by Crippen LogP contribution is -2.11. The first kappa shape index (κ1) is 21.1. The first-order chi connectivity index (χ1) is 15.3. The van der Waals surface area contributed by atoms with E-state index in [2.05, 4.69) is 30.7 Å². The monoisotopic (exact) mass is 455 g/mol. The van der Waals surface area contributed by atoms with Crippen molar-refractivity contribution in [2.45, 2.75) is 11.4 Å². The van der Waals surface area contributed by atoms with Crippen molar-refractivity contribution in [1.82, 2.24) is 24.7 Å². The Kier molecular flexibility index (Phi) is 5.66. The van der Waals surface area contributed by atoms with Crippen molar-refractivity contribution in [2.24, 2.45) is 5.14 Å². The molecule has 0 amide bonds. The fourth-order valence-electron chi connectivity index (χ4n) is 2.79. The van der Waals surface area contributed by atoms with E-state index >= 15 is 0 Å². The molecule has 4 aromatic rings. The van der Waals surface area contributed by atoms with E-state index in [0.29, 0.717) is 22.9 Å². The molecule has 0 atom stereocenters. The zero-order valence-corrected chi connectivity index (χ0v) is 17.3. The predicted molar refractivity (Wildman–Crippen MR) is 116 cm³/mol. The van der Waals surface area contributed by atoms with Crippen molar-refractivity contribution in [3.05, 3.63) is 72.3 Å². The second-order valence-corrected chi connectivity index (χ2v) is 8.17. The lowest BCUT2D eigenvalue weighted by Gasteiger charge is -2.08. The van der Waals surface area contributed by atoms with E-state index in [-0.39, 0.29) is 29.2 Å². The molecular formula is C19H18FN9O2S. The fraction of sp³-hybridized carbons (Fsp3) is 0.0526. The molecule has 2 aromatic heterocycles. The van der Waals surface area contributed by atoms with E-state index in [0.717, 1.165) is 0 Å². The first-order valence-corrected chi connectivity index (χ1v) is 10.8. The molecule has 4 rings (SSSR count). The number of hydrogen-bond donors (Lipinski definition) is 4. The number of rotatable bonds is 7. The summed E-state index contributed by atoms with van der Waals surface area (Å²) in [4.78, 5) is 12.4. The zero-order chi connectivity index (χ0) is 22.7. The van der Waals surface area contributed by atoms with Gasteiger partial charge in [-0.05, 0) is 30.3 Å². The Bertz CT molecular complexity index is 1360. The summed E-state index contributed by atoms with van der Waals surface area (Å²) < 4.78 is 37.8. The average Bonchev–Trinajstić information content (AvgIpc) is 3.13. The summed E-state index contributed by atoms with van der Waals surface area (Å²) in [7, 11) is -3.78. The molecule has 0 aliphatic carbocycles. The van der Waals surface area contributed by atoms with E-state index in [1.165, 1.54) is 41.3 Å². The normalized spacial score (nSPS) is 11.3. The number of nitrogen functional groups attached to an aromatic ring is 1. The van der Waals surface area contributed by atoms with E-state index in [4.69, 9.17) is 10.9 Å². The van der Waals surface area contributed by atoms with Crippen LogP contribution in [0.5, 0.6) is 0 Å². The van der Waals surface area contributed by atoms with Crippen LogP contribution in [0, 0.1) is 5.82 Å². The minimum absolute atomic E-state index is 0.0162. The molecule has 13 heteroatoms. The minimum Gasteiger partial charge on any atom is -0.368 e. The van der Waals surface area contributed by atoms with Crippen molar-refractivity contribution in [1.29, 1.82) is 0 Å². The molecule has 0 spiro atoms. The molecule has 0 saturated carbocycles. The Morgan fingerprint density at radius 3 is 2.53 bits per heavy atom. The highest BCUT2D eigenvalue weighted by atomic mass is 32.2. The summed E-state index contributed by atoms with van der Waals surface area (Å²) >= 11 is 0. The first-order valence-electron chi connectivity index (χ1n) is 9.22. The number of primary sulfonamides is 1. The maximum atomic E-state index is 13.8.